The SMILES string of the molecule is Cc1ccc([Si](C)(C)c2ccc(C(=O)N[S+]([O-])c3ccccc3)c(N3C[C@@H](C)CC3(C)C)n2)cc1. The molecule has 2 aromatic carbocycles. The Morgan fingerprint density at radius 2 is 1.74 bits per heavy atom. The van der Waals surface area contributed by atoms with Gasteiger partial charge in [-0.05, 0) is 57.4 Å². The van der Waals surface area contributed by atoms with Gasteiger partial charge in [0.25, 0.3) is 5.91 Å². The second kappa shape index (κ2) is 9.80. The number of rotatable bonds is 6. The zero-order chi connectivity index (χ0) is 25.4. The van der Waals surface area contributed by atoms with Crippen molar-refractivity contribution in [3.63, 3.8) is 0 Å². The number of carbonyl (C=O) groups is 1. The molecule has 1 aliphatic rings. The summed E-state index contributed by atoms with van der Waals surface area (Å²) >= 11 is -1.64. The molecule has 184 valence electrons. The fourth-order valence-electron chi connectivity index (χ4n) is 5.00. The first-order valence-electron chi connectivity index (χ1n) is 12.1. The van der Waals surface area contributed by atoms with Gasteiger partial charge >= 0.3 is 0 Å². The molecule has 1 aromatic heterocycles. The molecule has 1 unspecified atom stereocenters. The molecule has 1 amide bonds. The number of carbonyl (C=O) groups excluding carboxylic acids is 1. The van der Waals surface area contributed by atoms with Crippen LogP contribution in [0.1, 0.15) is 43.1 Å². The number of aryl methyl sites for hydroxylation is 1. The molecule has 3 aromatic rings. The van der Waals surface area contributed by atoms with Crippen LogP contribution < -0.4 is 20.1 Å². The highest BCUT2D eigenvalue weighted by Gasteiger charge is 2.40. The van der Waals surface area contributed by atoms with Crippen LogP contribution in [0.25, 0.3) is 0 Å². The van der Waals surface area contributed by atoms with Gasteiger partial charge in [0.1, 0.15) is 25.3 Å². The highest BCUT2D eigenvalue weighted by atomic mass is 32.2. The fourth-order valence-corrected chi connectivity index (χ4v) is 7.98. The van der Waals surface area contributed by atoms with Gasteiger partial charge in [-0.3, -0.25) is 4.79 Å². The van der Waals surface area contributed by atoms with E-state index in [1.165, 1.54) is 10.8 Å². The molecule has 0 aliphatic carbocycles. The van der Waals surface area contributed by atoms with Crippen molar-refractivity contribution in [1.29, 1.82) is 0 Å². The van der Waals surface area contributed by atoms with Gasteiger partial charge < -0.3 is 9.45 Å². The minimum Gasteiger partial charge on any atom is -0.588 e. The summed E-state index contributed by atoms with van der Waals surface area (Å²) in [7, 11) is -2.10. The van der Waals surface area contributed by atoms with E-state index < -0.39 is 19.4 Å². The Hall–Kier alpha value is -2.61. The molecule has 0 radical (unpaired) electrons. The fraction of sp³-hybridized carbons (Fsp3) is 0.357. The molecule has 2 atom stereocenters. The first-order chi connectivity index (χ1) is 16.5. The number of nitrogens with zero attached hydrogens (tertiary/aromatic N) is 2. The number of aromatic nitrogens is 1. The van der Waals surface area contributed by atoms with Crippen LogP contribution >= 0.6 is 0 Å². The molecule has 1 N–H and O–H groups in total. The average Bonchev–Trinajstić information content (AvgIpc) is 3.11. The number of amides is 1. The number of benzene rings is 2. The van der Waals surface area contributed by atoms with Gasteiger partial charge in [-0.15, -0.1) is 0 Å². The summed E-state index contributed by atoms with van der Waals surface area (Å²) in [6.45, 7) is 14.2. The maximum atomic E-state index is 13.4. The van der Waals surface area contributed by atoms with E-state index in [0.29, 0.717) is 22.2 Å². The Kier molecular flexibility index (Phi) is 7.13. The molecule has 1 aliphatic heterocycles. The smallest absolute Gasteiger partial charge is 0.296 e. The first-order valence-corrected chi connectivity index (χ1v) is 16.3. The third-order valence-corrected chi connectivity index (χ3v) is 11.4. The molecule has 0 saturated carbocycles. The highest BCUT2D eigenvalue weighted by molar-refractivity contribution is 7.90. The van der Waals surface area contributed by atoms with Gasteiger partial charge in [0, 0.05) is 17.4 Å². The summed E-state index contributed by atoms with van der Waals surface area (Å²) in [6, 6.07) is 21.6. The monoisotopic (exact) mass is 505 g/mol. The van der Waals surface area contributed by atoms with E-state index >= 15 is 0 Å². The van der Waals surface area contributed by atoms with Crippen molar-refractivity contribution in [1.82, 2.24) is 9.71 Å². The maximum absolute atomic E-state index is 13.4. The van der Waals surface area contributed by atoms with E-state index in [4.69, 9.17) is 4.98 Å². The third kappa shape index (κ3) is 5.32. The van der Waals surface area contributed by atoms with E-state index in [9.17, 15) is 9.35 Å². The topological polar surface area (TPSA) is 68.3 Å². The summed E-state index contributed by atoms with van der Waals surface area (Å²) < 4.78 is 15.5. The third-order valence-electron chi connectivity index (χ3n) is 7.00. The molecule has 1 fully saturated rings. The van der Waals surface area contributed by atoms with Gasteiger partial charge in [-0.25, -0.2) is 4.98 Å². The van der Waals surface area contributed by atoms with Crippen LogP contribution in [0.15, 0.2) is 71.6 Å². The molecule has 0 spiro atoms. The van der Waals surface area contributed by atoms with Crippen LogP contribution in [0, 0.1) is 12.8 Å². The van der Waals surface area contributed by atoms with Gasteiger partial charge in [0.05, 0.1) is 5.56 Å². The Bertz CT molecular complexity index is 1200. The predicted octanol–water partition coefficient (Wildman–Crippen LogP) is 4.29. The van der Waals surface area contributed by atoms with Gasteiger partial charge in [0.15, 0.2) is 4.90 Å². The van der Waals surface area contributed by atoms with Gasteiger partial charge in [-0.2, -0.15) is 4.72 Å². The van der Waals surface area contributed by atoms with Crippen molar-refractivity contribution >= 4 is 41.7 Å². The first kappa shape index (κ1) is 25.5. The molecule has 7 heteroatoms. The summed E-state index contributed by atoms with van der Waals surface area (Å²) in [5, 5.41) is 2.34. The van der Waals surface area contributed by atoms with Crippen LogP contribution in [0.2, 0.25) is 13.1 Å². The van der Waals surface area contributed by atoms with E-state index in [1.807, 2.05) is 30.3 Å². The molecular formula is C28H35N3O2SSi. The quantitative estimate of drug-likeness (QED) is 0.401. The van der Waals surface area contributed by atoms with Crippen LogP contribution in [-0.2, 0) is 11.4 Å². The Labute approximate surface area is 213 Å². The summed E-state index contributed by atoms with van der Waals surface area (Å²) in [4.78, 5) is 21.4. The lowest BCUT2D eigenvalue weighted by Crippen LogP contribution is -2.55. The standard InChI is InChI=1S/C28H35N3O2SSi/c1-20-12-14-23(15-13-20)35(5,6)25-17-16-24(26(29-25)31-19-21(2)18-28(31,3)4)27(32)30-34(33)22-10-8-7-9-11-22/h7-17,21H,18-19H2,1-6H3,(H,30,32)/t21-,34?/m0/s1. The second-order valence-corrected chi connectivity index (χ2v) is 16.4. The lowest BCUT2D eigenvalue weighted by Gasteiger charge is -2.35. The predicted molar refractivity (Wildman–Crippen MR) is 148 cm³/mol. The van der Waals surface area contributed by atoms with Crippen LogP contribution in [0.4, 0.5) is 5.82 Å². The van der Waals surface area contributed by atoms with Crippen LogP contribution in [-0.4, -0.2) is 35.6 Å². The molecule has 35 heavy (non-hydrogen) atoms. The lowest BCUT2D eigenvalue weighted by atomic mass is 9.97. The molecular weight excluding hydrogens is 470 g/mol. The second-order valence-electron chi connectivity index (χ2n) is 10.8. The molecule has 4 rings (SSSR count). The highest BCUT2D eigenvalue weighted by Crippen LogP contribution is 2.37. The molecule has 1 saturated heterocycles. The summed E-state index contributed by atoms with van der Waals surface area (Å²) in [5.74, 6) is 0.811. The minimum absolute atomic E-state index is 0.131. The number of hydrogen-bond donors (Lipinski definition) is 1. The Balaban J connectivity index is 1.75. The van der Waals surface area contributed by atoms with Crippen molar-refractivity contribution in [2.24, 2.45) is 5.92 Å². The number of anilines is 1. The van der Waals surface area contributed by atoms with E-state index in [2.05, 4.69) is 74.7 Å². The lowest BCUT2D eigenvalue weighted by molar-refractivity contribution is 0.0981. The van der Waals surface area contributed by atoms with E-state index in [-0.39, 0.29) is 11.4 Å². The minimum atomic E-state index is -2.10. The van der Waals surface area contributed by atoms with Crippen LogP contribution in [0.5, 0.6) is 0 Å². The summed E-state index contributed by atoms with van der Waals surface area (Å²) in [6.07, 6.45) is 1.02. The zero-order valence-electron chi connectivity index (χ0n) is 21.5. The van der Waals surface area contributed by atoms with E-state index in [1.54, 1.807) is 12.1 Å². The van der Waals surface area contributed by atoms with Crippen molar-refractivity contribution in [3.8, 4) is 0 Å². The molecule has 0 bridgehead atoms. The molecule has 2 heterocycles. The zero-order valence-corrected chi connectivity index (χ0v) is 23.3. The number of hydrogen-bond acceptors (Lipinski definition) is 4. The normalized spacial score (nSPS) is 18.4. The van der Waals surface area contributed by atoms with Crippen LogP contribution in [0.3, 0.4) is 0 Å². The average molecular weight is 506 g/mol. The Morgan fingerprint density at radius 1 is 1.09 bits per heavy atom. The number of pyridine rings is 1. The maximum Gasteiger partial charge on any atom is 0.296 e. The van der Waals surface area contributed by atoms with E-state index in [0.717, 1.165) is 18.3 Å². The summed E-state index contributed by atoms with van der Waals surface area (Å²) in [5.41, 5.74) is 1.57. The Morgan fingerprint density at radius 3 is 2.34 bits per heavy atom. The van der Waals surface area contributed by atoms with Gasteiger partial charge in [0.2, 0.25) is 0 Å². The van der Waals surface area contributed by atoms with Crippen molar-refractivity contribution in [2.75, 3.05) is 11.4 Å². The number of nitrogens with one attached hydrogen (secondary N) is 1. The largest absolute Gasteiger partial charge is 0.588 e. The van der Waals surface area contributed by atoms with Crippen molar-refractivity contribution in [3.05, 3.63) is 77.9 Å². The van der Waals surface area contributed by atoms with Crippen molar-refractivity contribution < 1.29 is 9.35 Å². The van der Waals surface area contributed by atoms with Crippen molar-refractivity contribution in [2.45, 2.75) is 57.6 Å². The van der Waals surface area contributed by atoms with Gasteiger partial charge in [-0.1, -0.05) is 73.2 Å². The molecule has 5 nitrogen and oxygen atoms in total.